The quantitative estimate of drug-likeness (QED) is 0.463. The van der Waals surface area contributed by atoms with Crippen molar-refractivity contribution in [2.75, 3.05) is 45.1 Å². The Bertz CT molecular complexity index is 694. The van der Waals surface area contributed by atoms with Crippen molar-refractivity contribution in [3.63, 3.8) is 0 Å². The highest BCUT2D eigenvalue weighted by Crippen LogP contribution is 2.30. The molecule has 0 unspecified atom stereocenters. The van der Waals surface area contributed by atoms with Crippen LogP contribution in [0.1, 0.15) is 24.2 Å². The lowest BCUT2D eigenvalue weighted by molar-refractivity contribution is -0.137. The minimum Gasteiger partial charge on any atom is -0.483 e. The summed E-state index contributed by atoms with van der Waals surface area (Å²) in [7, 11) is 0. The number of carbonyl (C=O) groups excluding carboxylic acids is 2. The fourth-order valence-electron chi connectivity index (χ4n) is 2.39. The summed E-state index contributed by atoms with van der Waals surface area (Å²) in [6, 6.07) is 2.60. The van der Waals surface area contributed by atoms with E-state index in [1.807, 2.05) is 13.8 Å². The summed E-state index contributed by atoms with van der Waals surface area (Å²) in [4.78, 5) is 38.4. The van der Waals surface area contributed by atoms with Crippen LogP contribution < -0.4 is 16.2 Å². The van der Waals surface area contributed by atoms with Crippen molar-refractivity contribution in [2.45, 2.75) is 13.8 Å². The summed E-state index contributed by atoms with van der Waals surface area (Å²) in [5.74, 6) is -2.46. The topological polar surface area (TPSA) is 139 Å². The number of halogens is 1. The van der Waals surface area contributed by atoms with Gasteiger partial charge >= 0.3 is 5.97 Å². The smallest absolute Gasteiger partial charge is 0.323 e. The van der Waals surface area contributed by atoms with E-state index in [9.17, 15) is 14.4 Å². The number of nitrogens with two attached hydrogens (primary N) is 2. The summed E-state index contributed by atoms with van der Waals surface area (Å²) in [6.45, 7) is 5.25. The van der Waals surface area contributed by atoms with Crippen molar-refractivity contribution in [1.29, 1.82) is 0 Å². The normalized spacial score (nSPS) is 10.7. The maximum atomic E-state index is 12.9. The van der Waals surface area contributed by atoms with Gasteiger partial charge in [-0.15, -0.1) is 0 Å². The zero-order valence-electron chi connectivity index (χ0n) is 15.4. The van der Waals surface area contributed by atoms with Gasteiger partial charge in [-0.2, -0.15) is 0 Å². The van der Waals surface area contributed by atoms with Gasteiger partial charge in [0.05, 0.1) is 16.3 Å². The second kappa shape index (κ2) is 10.6. The molecule has 0 aliphatic rings. The molecule has 0 saturated heterocycles. The van der Waals surface area contributed by atoms with Gasteiger partial charge in [-0.1, -0.05) is 25.4 Å². The minimum absolute atomic E-state index is 0.0104. The Kier molecular flexibility index (Phi) is 8.83. The molecule has 150 valence electrons. The summed E-state index contributed by atoms with van der Waals surface area (Å²) in [6.07, 6.45) is 0. The van der Waals surface area contributed by atoms with E-state index in [1.165, 1.54) is 17.0 Å². The van der Waals surface area contributed by atoms with Gasteiger partial charge in [0.15, 0.2) is 6.61 Å². The Balaban J connectivity index is 3.16. The molecule has 0 spiro atoms. The third kappa shape index (κ3) is 6.95. The van der Waals surface area contributed by atoms with Crippen molar-refractivity contribution < 1.29 is 24.2 Å². The first kappa shape index (κ1) is 22.5. The molecule has 10 heteroatoms. The lowest BCUT2D eigenvalue weighted by Gasteiger charge is -2.26. The van der Waals surface area contributed by atoms with E-state index in [2.05, 4.69) is 4.90 Å². The number of hydrogen-bond donors (Lipinski definition) is 3. The van der Waals surface area contributed by atoms with E-state index in [1.54, 1.807) is 0 Å². The number of primary amides is 1. The van der Waals surface area contributed by atoms with Crippen molar-refractivity contribution in [3.8, 4) is 5.75 Å². The zero-order valence-corrected chi connectivity index (χ0v) is 16.2. The number of benzene rings is 1. The van der Waals surface area contributed by atoms with Crippen LogP contribution in [0.5, 0.6) is 5.75 Å². The molecule has 1 aromatic rings. The van der Waals surface area contributed by atoms with Crippen LogP contribution >= 0.6 is 11.6 Å². The fraction of sp³-hybridized carbons (Fsp3) is 0.471. The first-order valence-corrected chi connectivity index (χ1v) is 8.80. The lowest BCUT2D eigenvalue weighted by atomic mass is 10.1. The van der Waals surface area contributed by atoms with Crippen LogP contribution in [0.3, 0.4) is 0 Å². The molecular weight excluding hydrogens is 376 g/mol. The van der Waals surface area contributed by atoms with Crippen LogP contribution in [0.25, 0.3) is 0 Å². The third-order valence-corrected chi connectivity index (χ3v) is 4.22. The number of rotatable bonds is 11. The molecule has 0 heterocycles. The Morgan fingerprint density at radius 1 is 1.19 bits per heavy atom. The van der Waals surface area contributed by atoms with Crippen molar-refractivity contribution in [1.82, 2.24) is 9.80 Å². The highest BCUT2D eigenvalue weighted by Gasteiger charge is 2.24. The maximum absolute atomic E-state index is 12.9. The average molecular weight is 401 g/mol. The summed E-state index contributed by atoms with van der Waals surface area (Å²) < 4.78 is 5.26. The van der Waals surface area contributed by atoms with Gasteiger partial charge in [0.1, 0.15) is 12.3 Å². The standard InChI is InChI=1S/C17H25ClN4O5/c1-3-21(4-2)5-6-22(9-16(24)25)17(26)11-7-12(18)13(19)8-14(11)27-10-15(20)23/h7-8H,3-6,9-10,19H2,1-2H3,(H2,20,23)(H,24,25). The summed E-state index contributed by atoms with van der Waals surface area (Å²) in [5, 5.41) is 9.27. The number of carbonyl (C=O) groups is 3. The number of anilines is 1. The number of ether oxygens (including phenoxy) is 1. The molecule has 0 aliphatic heterocycles. The molecule has 0 aromatic heterocycles. The maximum Gasteiger partial charge on any atom is 0.323 e. The molecule has 0 bridgehead atoms. The van der Waals surface area contributed by atoms with Crippen LogP contribution in [0, 0.1) is 0 Å². The van der Waals surface area contributed by atoms with Crippen LogP contribution in [-0.2, 0) is 9.59 Å². The molecule has 0 saturated carbocycles. The van der Waals surface area contributed by atoms with E-state index in [4.69, 9.17) is 32.9 Å². The SMILES string of the molecule is CCN(CC)CCN(CC(=O)O)C(=O)c1cc(Cl)c(N)cc1OCC(N)=O. The van der Waals surface area contributed by atoms with E-state index < -0.39 is 30.9 Å². The largest absolute Gasteiger partial charge is 0.483 e. The second-order valence-corrected chi connectivity index (χ2v) is 6.18. The van der Waals surface area contributed by atoms with E-state index in [0.717, 1.165) is 13.1 Å². The van der Waals surface area contributed by atoms with Crippen molar-refractivity contribution in [3.05, 3.63) is 22.7 Å². The zero-order chi connectivity index (χ0) is 20.6. The number of nitrogen functional groups attached to an aromatic ring is 1. The van der Waals surface area contributed by atoms with Crippen molar-refractivity contribution in [2.24, 2.45) is 5.73 Å². The van der Waals surface area contributed by atoms with Crippen LogP contribution in [0.4, 0.5) is 5.69 Å². The molecule has 5 N–H and O–H groups in total. The van der Waals surface area contributed by atoms with Crippen molar-refractivity contribution >= 4 is 35.1 Å². The molecule has 2 amide bonds. The van der Waals surface area contributed by atoms with Crippen LogP contribution in [0.2, 0.25) is 5.02 Å². The highest BCUT2D eigenvalue weighted by atomic mass is 35.5. The first-order chi connectivity index (χ1) is 12.7. The Labute approximate surface area is 162 Å². The minimum atomic E-state index is -1.15. The van der Waals surface area contributed by atoms with Gasteiger partial charge in [-0.3, -0.25) is 14.4 Å². The number of aliphatic carboxylic acids is 1. The number of amides is 2. The number of nitrogens with zero attached hydrogens (tertiary/aromatic N) is 2. The van der Waals surface area contributed by atoms with Gasteiger partial charge < -0.3 is 31.1 Å². The Morgan fingerprint density at radius 2 is 1.81 bits per heavy atom. The molecule has 0 fully saturated rings. The predicted molar refractivity (Wildman–Crippen MR) is 102 cm³/mol. The lowest BCUT2D eigenvalue weighted by Crippen LogP contribution is -2.41. The molecule has 0 atom stereocenters. The number of carboxylic acid groups (broad SMARTS) is 1. The monoisotopic (exact) mass is 400 g/mol. The fourth-order valence-corrected chi connectivity index (χ4v) is 2.56. The molecule has 9 nitrogen and oxygen atoms in total. The van der Waals surface area contributed by atoms with Crippen LogP contribution in [0.15, 0.2) is 12.1 Å². The average Bonchev–Trinajstić information content (AvgIpc) is 2.61. The van der Waals surface area contributed by atoms with Crippen LogP contribution in [-0.4, -0.2) is 72.0 Å². The molecular formula is C17H25ClN4O5. The third-order valence-electron chi connectivity index (χ3n) is 3.89. The van der Waals surface area contributed by atoms with Gasteiger partial charge in [-0.25, -0.2) is 0 Å². The molecule has 27 heavy (non-hydrogen) atoms. The van der Waals surface area contributed by atoms with Gasteiger partial charge in [-0.05, 0) is 19.2 Å². The predicted octanol–water partition coefficient (Wildman–Crippen LogP) is 0.655. The number of likely N-dealkylation sites (N-methyl/N-ethyl adjacent to an activating group) is 1. The van der Waals surface area contributed by atoms with E-state index >= 15 is 0 Å². The van der Waals surface area contributed by atoms with Gasteiger partial charge in [0.25, 0.3) is 11.8 Å². The second-order valence-electron chi connectivity index (χ2n) is 5.77. The number of carboxylic acids is 1. The number of hydrogen-bond acceptors (Lipinski definition) is 6. The van der Waals surface area contributed by atoms with Gasteiger partial charge in [0, 0.05) is 19.2 Å². The highest BCUT2D eigenvalue weighted by molar-refractivity contribution is 6.33. The molecule has 0 radical (unpaired) electrons. The Hall–Kier alpha value is -2.52. The molecule has 1 aromatic carbocycles. The Morgan fingerprint density at radius 3 is 2.33 bits per heavy atom. The first-order valence-electron chi connectivity index (χ1n) is 8.43. The summed E-state index contributed by atoms with van der Waals surface area (Å²) in [5.41, 5.74) is 11.0. The summed E-state index contributed by atoms with van der Waals surface area (Å²) >= 11 is 6.01. The van der Waals surface area contributed by atoms with E-state index in [0.29, 0.717) is 6.54 Å². The molecule has 1 rings (SSSR count). The molecule has 0 aliphatic carbocycles. The van der Waals surface area contributed by atoms with Gasteiger partial charge in [0.2, 0.25) is 0 Å². The van der Waals surface area contributed by atoms with E-state index in [-0.39, 0.29) is 28.6 Å².